The van der Waals surface area contributed by atoms with Gasteiger partial charge in [0.2, 0.25) is 11.8 Å². The quantitative estimate of drug-likeness (QED) is 0.296. The second-order valence-electron chi connectivity index (χ2n) is 9.68. The molecule has 0 aliphatic rings. The Morgan fingerprint density at radius 3 is 2.13 bits per heavy atom. The molecule has 0 saturated heterocycles. The number of nitrogens with zero attached hydrogens (tertiary/aromatic N) is 2. The average Bonchev–Trinajstić information content (AvgIpc) is 2.93. The number of para-hydroxylation sites is 1. The van der Waals surface area contributed by atoms with Crippen molar-refractivity contribution >= 4 is 27.5 Å². The van der Waals surface area contributed by atoms with Gasteiger partial charge in [-0.25, -0.2) is 8.42 Å². The van der Waals surface area contributed by atoms with Gasteiger partial charge in [-0.1, -0.05) is 80.4 Å². The molecule has 39 heavy (non-hydrogen) atoms. The standard InChI is InChI=1S/C31H39N3O4S/c1-5-7-21-32-31(36)29(6-2)33(22-26-14-12-11-13-25(26)4)30(35)23-34(27-15-9-8-10-16-27)39(37,38)28-19-17-24(3)18-20-28/h8-20,29H,5-7,21-23H2,1-4H3,(H,32,36)/t29-/m0/s1. The van der Waals surface area contributed by atoms with Crippen molar-refractivity contribution in [1.29, 1.82) is 0 Å². The lowest BCUT2D eigenvalue weighted by atomic mass is 10.1. The topological polar surface area (TPSA) is 86.8 Å². The van der Waals surface area contributed by atoms with Gasteiger partial charge >= 0.3 is 0 Å². The molecule has 0 radical (unpaired) electrons. The third-order valence-electron chi connectivity index (χ3n) is 6.75. The van der Waals surface area contributed by atoms with E-state index in [0.717, 1.165) is 33.8 Å². The molecule has 3 aromatic rings. The summed E-state index contributed by atoms with van der Waals surface area (Å²) in [5.74, 6) is -0.684. The Morgan fingerprint density at radius 2 is 1.51 bits per heavy atom. The number of nitrogens with one attached hydrogen (secondary N) is 1. The minimum Gasteiger partial charge on any atom is -0.354 e. The summed E-state index contributed by atoms with van der Waals surface area (Å²) in [5, 5.41) is 2.95. The van der Waals surface area contributed by atoms with Crippen LogP contribution in [-0.2, 0) is 26.2 Å². The molecule has 7 nitrogen and oxygen atoms in total. The van der Waals surface area contributed by atoms with Crippen LogP contribution in [-0.4, -0.2) is 44.3 Å². The number of unbranched alkanes of at least 4 members (excludes halogenated alkanes) is 1. The Kier molecular flexibility index (Phi) is 10.7. The SMILES string of the molecule is CCCCNC(=O)[C@H](CC)N(Cc1ccccc1C)C(=O)CN(c1ccccc1)S(=O)(=O)c1ccc(C)cc1. The third kappa shape index (κ3) is 7.69. The first-order valence-corrected chi connectivity index (χ1v) is 14.9. The molecule has 3 rings (SSSR count). The number of amides is 2. The maximum absolute atomic E-state index is 14.0. The van der Waals surface area contributed by atoms with E-state index in [2.05, 4.69) is 5.32 Å². The van der Waals surface area contributed by atoms with Crippen LogP contribution in [0.15, 0.2) is 83.8 Å². The highest BCUT2D eigenvalue weighted by Crippen LogP contribution is 2.25. The first-order valence-electron chi connectivity index (χ1n) is 13.4. The fourth-order valence-corrected chi connectivity index (χ4v) is 5.77. The summed E-state index contributed by atoms with van der Waals surface area (Å²) in [6.07, 6.45) is 2.17. The fourth-order valence-electron chi connectivity index (χ4n) is 4.36. The van der Waals surface area contributed by atoms with Crippen LogP contribution in [0.2, 0.25) is 0 Å². The second-order valence-corrected chi connectivity index (χ2v) is 11.5. The van der Waals surface area contributed by atoms with Crippen LogP contribution in [0.4, 0.5) is 5.69 Å². The molecule has 0 unspecified atom stereocenters. The first kappa shape index (κ1) is 29.9. The number of benzene rings is 3. The number of carbonyl (C=O) groups is 2. The molecule has 0 heterocycles. The van der Waals surface area contributed by atoms with Crippen molar-refractivity contribution in [3.8, 4) is 0 Å². The van der Waals surface area contributed by atoms with Crippen LogP contribution in [0.1, 0.15) is 49.8 Å². The molecular weight excluding hydrogens is 510 g/mol. The minimum atomic E-state index is -4.07. The Labute approximate surface area is 232 Å². The predicted octanol–water partition coefficient (Wildman–Crippen LogP) is 5.22. The summed E-state index contributed by atoms with van der Waals surface area (Å²) in [7, 11) is -4.07. The molecule has 1 N–H and O–H groups in total. The lowest BCUT2D eigenvalue weighted by Gasteiger charge is -2.33. The normalized spacial score (nSPS) is 12.0. The summed E-state index contributed by atoms with van der Waals surface area (Å²) in [4.78, 5) is 28.9. The van der Waals surface area contributed by atoms with E-state index < -0.39 is 28.5 Å². The van der Waals surface area contributed by atoms with E-state index in [9.17, 15) is 18.0 Å². The molecular formula is C31H39N3O4S. The number of sulfonamides is 1. The van der Waals surface area contributed by atoms with Gasteiger partial charge < -0.3 is 10.2 Å². The van der Waals surface area contributed by atoms with E-state index in [1.807, 2.05) is 52.0 Å². The lowest BCUT2D eigenvalue weighted by molar-refractivity contribution is -0.140. The summed E-state index contributed by atoms with van der Waals surface area (Å²) in [6, 6.07) is 22.1. The van der Waals surface area contributed by atoms with Gasteiger partial charge in [-0.2, -0.15) is 0 Å². The van der Waals surface area contributed by atoms with Crippen molar-refractivity contribution in [1.82, 2.24) is 10.2 Å². The van der Waals surface area contributed by atoms with E-state index in [4.69, 9.17) is 0 Å². The van der Waals surface area contributed by atoms with Crippen LogP contribution in [0, 0.1) is 13.8 Å². The summed E-state index contributed by atoms with van der Waals surface area (Å²) < 4.78 is 28.8. The summed E-state index contributed by atoms with van der Waals surface area (Å²) >= 11 is 0. The van der Waals surface area contributed by atoms with Gasteiger partial charge in [-0.05, 0) is 62.1 Å². The molecule has 2 amide bonds. The zero-order valence-electron chi connectivity index (χ0n) is 23.3. The van der Waals surface area contributed by atoms with Crippen LogP contribution in [0.5, 0.6) is 0 Å². The predicted molar refractivity (Wildman–Crippen MR) is 156 cm³/mol. The number of carbonyl (C=O) groups excluding carboxylic acids is 2. The van der Waals surface area contributed by atoms with Gasteiger partial charge in [0.15, 0.2) is 0 Å². The summed E-state index contributed by atoms with van der Waals surface area (Å²) in [5.41, 5.74) is 3.20. The molecule has 3 aromatic carbocycles. The van der Waals surface area contributed by atoms with Gasteiger partial charge in [0.05, 0.1) is 10.6 Å². The lowest BCUT2D eigenvalue weighted by Crippen LogP contribution is -2.52. The molecule has 1 atom stereocenters. The van der Waals surface area contributed by atoms with Crippen molar-refractivity contribution in [2.45, 2.75) is 64.4 Å². The molecule has 0 fully saturated rings. The van der Waals surface area contributed by atoms with Crippen molar-refractivity contribution < 1.29 is 18.0 Å². The molecule has 0 aliphatic heterocycles. The molecule has 8 heteroatoms. The van der Waals surface area contributed by atoms with Crippen molar-refractivity contribution in [3.63, 3.8) is 0 Å². The highest BCUT2D eigenvalue weighted by molar-refractivity contribution is 7.92. The highest BCUT2D eigenvalue weighted by atomic mass is 32.2. The largest absolute Gasteiger partial charge is 0.354 e. The second kappa shape index (κ2) is 13.9. The molecule has 0 saturated carbocycles. The Balaban J connectivity index is 2.02. The smallest absolute Gasteiger partial charge is 0.264 e. The van der Waals surface area contributed by atoms with Crippen molar-refractivity contribution in [2.75, 3.05) is 17.4 Å². The molecule has 0 bridgehead atoms. The van der Waals surface area contributed by atoms with E-state index in [-0.39, 0.29) is 17.3 Å². The van der Waals surface area contributed by atoms with Crippen LogP contribution in [0.25, 0.3) is 0 Å². The maximum atomic E-state index is 14.0. The number of hydrogen-bond donors (Lipinski definition) is 1. The van der Waals surface area contributed by atoms with Gasteiger partial charge in [-0.15, -0.1) is 0 Å². The third-order valence-corrected chi connectivity index (χ3v) is 8.54. The van der Waals surface area contributed by atoms with E-state index in [0.29, 0.717) is 18.7 Å². The maximum Gasteiger partial charge on any atom is 0.264 e. The van der Waals surface area contributed by atoms with Gasteiger partial charge in [-0.3, -0.25) is 13.9 Å². The zero-order chi connectivity index (χ0) is 28.4. The Morgan fingerprint density at radius 1 is 0.872 bits per heavy atom. The summed E-state index contributed by atoms with van der Waals surface area (Å²) in [6.45, 7) is 8.02. The van der Waals surface area contributed by atoms with Gasteiger partial charge in [0.1, 0.15) is 12.6 Å². The van der Waals surface area contributed by atoms with Gasteiger partial charge in [0.25, 0.3) is 10.0 Å². The Hall–Kier alpha value is -3.65. The fraction of sp³-hybridized carbons (Fsp3) is 0.355. The van der Waals surface area contributed by atoms with Crippen LogP contribution in [0.3, 0.4) is 0 Å². The van der Waals surface area contributed by atoms with E-state index in [1.165, 1.54) is 4.90 Å². The molecule has 0 aliphatic carbocycles. The average molecular weight is 550 g/mol. The molecule has 208 valence electrons. The first-order chi connectivity index (χ1) is 18.7. The van der Waals surface area contributed by atoms with Gasteiger partial charge in [0, 0.05) is 13.1 Å². The Bertz CT molecular complexity index is 1340. The number of rotatable bonds is 13. The van der Waals surface area contributed by atoms with E-state index in [1.54, 1.807) is 54.6 Å². The number of aryl methyl sites for hydroxylation is 2. The number of hydrogen-bond acceptors (Lipinski definition) is 4. The van der Waals surface area contributed by atoms with Crippen molar-refractivity contribution in [2.24, 2.45) is 0 Å². The van der Waals surface area contributed by atoms with Crippen molar-refractivity contribution in [3.05, 3.63) is 95.6 Å². The highest BCUT2D eigenvalue weighted by Gasteiger charge is 2.33. The zero-order valence-corrected chi connectivity index (χ0v) is 24.1. The van der Waals surface area contributed by atoms with E-state index >= 15 is 0 Å². The molecule has 0 aromatic heterocycles. The number of anilines is 1. The van der Waals surface area contributed by atoms with Crippen LogP contribution < -0.4 is 9.62 Å². The minimum absolute atomic E-state index is 0.0968. The molecule has 0 spiro atoms. The van der Waals surface area contributed by atoms with Crippen LogP contribution >= 0.6 is 0 Å². The monoisotopic (exact) mass is 549 g/mol.